The summed E-state index contributed by atoms with van der Waals surface area (Å²) in [5.74, 6) is 0. The molecule has 0 atom stereocenters. The quantitative estimate of drug-likeness (QED) is 0.813. The maximum absolute atomic E-state index is 12.2. The Bertz CT molecular complexity index is 690. The van der Waals surface area contributed by atoms with Gasteiger partial charge in [0.05, 0.1) is 4.90 Å². The van der Waals surface area contributed by atoms with E-state index in [4.69, 9.17) is 0 Å². The molecule has 0 heterocycles. The summed E-state index contributed by atoms with van der Waals surface area (Å²) in [6.07, 6.45) is 0. The van der Waals surface area contributed by atoms with Crippen LogP contribution in [0.2, 0.25) is 13.1 Å². The first-order valence-corrected chi connectivity index (χ1v) is 11.1. The molecule has 0 radical (unpaired) electrons. The van der Waals surface area contributed by atoms with E-state index in [1.54, 1.807) is 24.3 Å². The molecule has 0 unspecified atom stereocenters. The smallest absolute Gasteiger partial charge is 0.199 e. The zero-order valence-corrected chi connectivity index (χ0v) is 13.5. The Balaban J connectivity index is 2.30. The van der Waals surface area contributed by atoms with E-state index in [-0.39, 0.29) is 0 Å². The van der Waals surface area contributed by atoms with E-state index in [2.05, 4.69) is 25.2 Å². The van der Waals surface area contributed by atoms with E-state index >= 15 is 0 Å². The fourth-order valence-electron chi connectivity index (χ4n) is 1.91. The third-order valence-corrected chi connectivity index (χ3v) is 7.74. The molecule has 0 saturated heterocycles. The van der Waals surface area contributed by atoms with E-state index in [9.17, 15) is 8.42 Å². The maximum atomic E-state index is 12.2. The molecule has 0 fully saturated rings. The van der Waals surface area contributed by atoms with Gasteiger partial charge >= 0.3 is 0 Å². The van der Waals surface area contributed by atoms with Crippen LogP contribution >= 0.6 is 0 Å². The molecule has 0 amide bonds. The van der Waals surface area contributed by atoms with Crippen LogP contribution in [0.25, 0.3) is 0 Å². The standard InChI is InChI=1S/C16H18O2SSi/c1-20(2,16-11-7-4-8-12-16)14-13-19(17,18)15-9-5-3-6-10-15/h3-14H,1-2H3/b14-13-. The molecule has 0 aliphatic rings. The Labute approximate surface area is 121 Å². The predicted molar refractivity (Wildman–Crippen MR) is 86.3 cm³/mol. The average Bonchev–Trinajstić information content (AvgIpc) is 2.47. The van der Waals surface area contributed by atoms with Gasteiger partial charge in [-0.2, -0.15) is 0 Å². The molecule has 2 aromatic rings. The summed E-state index contributed by atoms with van der Waals surface area (Å²) in [5.41, 5.74) is 1.88. The van der Waals surface area contributed by atoms with Gasteiger partial charge in [0.2, 0.25) is 0 Å². The van der Waals surface area contributed by atoms with E-state index in [0.717, 1.165) is 0 Å². The molecule has 0 N–H and O–H groups in total. The number of benzene rings is 2. The third-order valence-electron chi connectivity index (χ3n) is 3.25. The average molecular weight is 302 g/mol. The third kappa shape index (κ3) is 3.46. The summed E-state index contributed by atoms with van der Waals surface area (Å²) in [4.78, 5) is 0.342. The fraction of sp³-hybridized carbons (Fsp3) is 0.125. The molecule has 0 bridgehead atoms. The van der Waals surface area contributed by atoms with Crippen molar-refractivity contribution in [2.45, 2.75) is 18.0 Å². The Morgan fingerprint density at radius 1 is 0.850 bits per heavy atom. The van der Waals surface area contributed by atoms with Gasteiger partial charge in [-0.15, -0.1) is 0 Å². The summed E-state index contributed by atoms with van der Waals surface area (Å²) < 4.78 is 24.5. The largest absolute Gasteiger partial charge is 0.219 e. The molecule has 4 heteroatoms. The molecule has 0 aromatic heterocycles. The Morgan fingerprint density at radius 2 is 1.35 bits per heavy atom. The molecule has 20 heavy (non-hydrogen) atoms. The summed E-state index contributed by atoms with van der Waals surface area (Å²) in [5, 5.41) is 2.58. The van der Waals surface area contributed by atoms with Crippen molar-refractivity contribution in [2.24, 2.45) is 0 Å². The maximum Gasteiger partial charge on any atom is 0.199 e. The highest BCUT2D eigenvalue weighted by Crippen LogP contribution is 2.13. The van der Waals surface area contributed by atoms with Crippen LogP contribution in [-0.2, 0) is 9.84 Å². The summed E-state index contributed by atoms with van der Waals surface area (Å²) >= 11 is 0. The van der Waals surface area contributed by atoms with Crippen molar-refractivity contribution in [3.05, 3.63) is 71.8 Å². The van der Waals surface area contributed by atoms with Gasteiger partial charge in [0.25, 0.3) is 0 Å². The Kier molecular flexibility index (Phi) is 4.25. The molecule has 2 nitrogen and oxygen atoms in total. The first-order valence-electron chi connectivity index (χ1n) is 6.47. The molecular weight excluding hydrogens is 284 g/mol. The number of hydrogen-bond donors (Lipinski definition) is 0. The van der Waals surface area contributed by atoms with E-state index < -0.39 is 17.9 Å². The lowest BCUT2D eigenvalue weighted by Gasteiger charge is -2.18. The first-order chi connectivity index (χ1) is 9.42. The molecule has 104 valence electrons. The van der Waals surface area contributed by atoms with Gasteiger partial charge in [-0.3, -0.25) is 0 Å². The van der Waals surface area contributed by atoms with Crippen LogP contribution in [0.1, 0.15) is 0 Å². The first kappa shape index (κ1) is 14.7. The summed E-state index contributed by atoms with van der Waals surface area (Å²) in [6, 6.07) is 18.6. The lowest BCUT2D eigenvalue weighted by Crippen LogP contribution is -2.39. The van der Waals surface area contributed by atoms with Crippen LogP contribution in [0.5, 0.6) is 0 Å². The van der Waals surface area contributed by atoms with Crippen molar-refractivity contribution in [1.82, 2.24) is 0 Å². The lowest BCUT2D eigenvalue weighted by atomic mass is 10.4. The van der Waals surface area contributed by atoms with Gasteiger partial charge in [-0.1, -0.05) is 72.5 Å². The van der Waals surface area contributed by atoms with Crippen molar-refractivity contribution in [3.63, 3.8) is 0 Å². The van der Waals surface area contributed by atoms with E-state index in [1.165, 1.54) is 10.6 Å². The highest BCUT2D eigenvalue weighted by molar-refractivity contribution is 7.94. The van der Waals surface area contributed by atoms with Crippen molar-refractivity contribution in [1.29, 1.82) is 0 Å². The minimum absolute atomic E-state index is 0.342. The van der Waals surface area contributed by atoms with Gasteiger partial charge in [0.15, 0.2) is 9.84 Å². The molecule has 0 aliphatic heterocycles. The van der Waals surface area contributed by atoms with Crippen molar-refractivity contribution in [3.8, 4) is 0 Å². The highest BCUT2D eigenvalue weighted by atomic mass is 32.2. The second kappa shape index (κ2) is 5.77. The van der Waals surface area contributed by atoms with Crippen LogP contribution in [0, 0.1) is 0 Å². The number of rotatable bonds is 4. The van der Waals surface area contributed by atoms with E-state index in [0.29, 0.717) is 4.90 Å². The molecule has 0 spiro atoms. The topological polar surface area (TPSA) is 34.1 Å². The zero-order chi connectivity index (χ0) is 14.6. The Morgan fingerprint density at radius 3 is 1.90 bits per heavy atom. The zero-order valence-electron chi connectivity index (χ0n) is 11.7. The van der Waals surface area contributed by atoms with Crippen molar-refractivity contribution >= 4 is 23.1 Å². The van der Waals surface area contributed by atoms with Crippen molar-refractivity contribution < 1.29 is 8.42 Å². The van der Waals surface area contributed by atoms with Crippen LogP contribution in [0.4, 0.5) is 0 Å². The summed E-state index contributed by atoms with van der Waals surface area (Å²) in [7, 11) is -5.23. The second-order valence-electron chi connectivity index (χ2n) is 5.25. The van der Waals surface area contributed by atoms with Crippen LogP contribution in [0.3, 0.4) is 0 Å². The second-order valence-corrected chi connectivity index (χ2v) is 11.4. The molecule has 2 rings (SSSR count). The number of hydrogen-bond acceptors (Lipinski definition) is 2. The summed E-state index contributed by atoms with van der Waals surface area (Å²) in [6.45, 7) is 4.28. The van der Waals surface area contributed by atoms with Crippen molar-refractivity contribution in [2.75, 3.05) is 0 Å². The van der Waals surface area contributed by atoms with Crippen LogP contribution in [-0.4, -0.2) is 16.5 Å². The molecular formula is C16H18O2SSi. The van der Waals surface area contributed by atoms with Gasteiger partial charge in [-0.25, -0.2) is 8.42 Å². The van der Waals surface area contributed by atoms with Crippen LogP contribution < -0.4 is 5.19 Å². The SMILES string of the molecule is C[Si](C)(/C=C\S(=O)(=O)c1ccccc1)c1ccccc1. The molecule has 0 saturated carbocycles. The Hall–Kier alpha value is -1.65. The highest BCUT2D eigenvalue weighted by Gasteiger charge is 2.21. The van der Waals surface area contributed by atoms with Crippen LogP contribution in [0.15, 0.2) is 76.7 Å². The van der Waals surface area contributed by atoms with Gasteiger partial charge in [0.1, 0.15) is 8.07 Å². The number of sulfone groups is 1. The monoisotopic (exact) mass is 302 g/mol. The minimum Gasteiger partial charge on any atom is -0.219 e. The fourth-order valence-corrected chi connectivity index (χ4v) is 5.93. The van der Waals surface area contributed by atoms with E-state index in [1.807, 2.05) is 30.0 Å². The van der Waals surface area contributed by atoms with Gasteiger partial charge in [-0.05, 0) is 12.1 Å². The molecule has 2 aromatic carbocycles. The normalized spacial score (nSPS) is 12.7. The lowest BCUT2D eigenvalue weighted by molar-refractivity contribution is 0.604. The molecule has 0 aliphatic carbocycles. The van der Waals surface area contributed by atoms with Gasteiger partial charge < -0.3 is 0 Å². The predicted octanol–water partition coefficient (Wildman–Crippen LogP) is 3.13. The van der Waals surface area contributed by atoms with Gasteiger partial charge in [0, 0.05) is 5.41 Å². The minimum atomic E-state index is -3.35.